The van der Waals surface area contributed by atoms with Gasteiger partial charge in [0.2, 0.25) is 0 Å². The molecule has 25 heavy (non-hydrogen) atoms. The molecule has 0 radical (unpaired) electrons. The number of hydrogen-bond acceptors (Lipinski definition) is 5. The number of carbonyl (C=O) groups excluding carboxylic acids is 1. The van der Waals surface area contributed by atoms with Gasteiger partial charge in [-0.25, -0.2) is 0 Å². The van der Waals surface area contributed by atoms with Crippen molar-refractivity contribution in [2.24, 2.45) is 0 Å². The first-order valence-corrected chi connectivity index (χ1v) is 8.19. The summed E-state index contributed by atoms with van der Waals surface area (Å²) < 4.78 is 16.1. The molecule has 1 N–H and O–H groups in total. The second-order valence-corrected chi connectivity index (χ2v) is 5.99. The maximum Gasteiger partial charge on any atom is 0.163 e. The standard InChI is InChI=1S/C19H21ClO5/c1-13(21)18-9-17(24-10-14-4-3-5-15(20)8-14)6-7-19(18)25-12-16(22)11-23-2/h3-9,16,22H,10-12H2,1-2H3/t16-/m0/s1. The molecular weight excluding hydrogens is 344 g/mol. The van der Waals surface area contributed by atoms with Crippen LogP contribution in [0.4, 0.5) is 0 Å². The molecule has 0 aliphatic rings. The molecule has 0 aliphatic carbocycles. The van der Waals surface area contributed by atoms with E-state index in [0.29, 0.717) is 28.7 Å². The summed E-state index contributed by atoms with van der Waals surface area (Å²) in [5, 5.41) is 10.3. The van der Waals surface area contributed by atoms with E-state index in [9.17, 15) is 9.90 Å². The average molecular weight is 365 g/mol. The van der Waals surface area contributed by atoms with Crippen LogP contribution in [0.5, 0.6) is 11.5 Å². The monoisotopic (exact) mass is 364 g/mol. The topological polar surface area (TPSA) is 65.0 Å². The molecule has 0 unspecified atom stereocenters. The number of rotatable bonds is 9. The van der Waals surface area contributed by atoms with Crippen LogP contribution in [0.2, 0.25) is 5.02 Å². The molecule has 6 heteroatoms. The predicted octanol–water partition coefficient (Wildman–Crippen LogP) is 3.51. The molecule has 1 atom stereocenters. The maximum absolute atomic E-state index is 11.9. The van der Waals surface area contributed by atoms with Gasteiger partial charge in [-0.05, 0) is 42.8 Å². The highest BCUT2D eigenvalue weighted by molar-refractivity contribution is 6.30. The van der Waals surface area contributed by atoms with Crippen molar-refractivity contribution in [1.82, 2.24) is 0 Å². The number of Topliss-reactive ketones (excluding diaryl/α,β-unsaturated/α-hetero) is 1. The Morgan fingerprint density at radius 2 is 1.96 bits per heavy atom. The molecule has 0 heterocycles. The van der Waals surface area contributed by atoms with Gasteiger partial charge in [0.25, 0.3) is 0 Å². The zero-order chi connectivity index (χ0) is 18.2. The number of carbonyl (C=O) groups is 1. The van der Waals surface area contributed by atoms with Crippen LogP contribution in [0.15, 0.2) is 42.5 Å². The van der Waals surface area contributed by atoms with E-state index >= 15 is 0 Å². The second-order valence-electron chi connectivity index (χ2n) is 5.55. The molecule has 0 amide bonds. The van der Waals surface area contributed by atoms with Crippen LogP contribution >= 0.6 is 11.6 Å². The Balaban J connectivity index is 2.05. The highest BCUT2D eigenvalue weighted by Gasteiger charge is 2.13. The quantitative estimate of drug-likeness (QED) is 0.690. The van der Waals surface area contributed by atoms with Gasteiger partial charge in [0.1, 0.15) is 30.8 Å². The molecule has 2 aromatic rings. The third-order valence-corrected chi connectivity index (χ3v) is 3.65. The van der Waals surface area contributed by atoms with Crippen molar-refractivity contribution in [2.45, 2.75) is 19.6 Å². The van der Waals surface area contributed by atoms with Crippen molar-refractivity contribution >= 4 is 17.4 Å². The fourth-order valence-electron chi connectivity index (χ4n) is 2.22. The normalized spacial score (nSPS) is 11.8. The first kappa shape index (κ1) is 19.2. The van der Waals surface area contributed by atoms with Gasteiger partial charge < -0.3 is 19.3 Å². The molecule has 0 bridgehead atoms. The highest BCUT2D eigenvalue weighted by atomic mass is 35.5. The first-order valence-electron chi connectivity index (χ1n) is 7.81. The molecule has 0 saturated heterocycles. The summed E-state index contributed by atoms with van der Waals surface area (Å²) in [6.07, 6.45) is -0.761. The molecule has 0 aliphatic heterocycles. The summed E-state index contributed by atoms with van der Waals surface area (Å²) in [7, 11) is 1.50. The number of aliphatic hydroxyl groups is 1. The zero-order valence-electron chi connectivity index (χ0n) is 14.2. The number of methoxy groups -OCH3 is 1. The van der Waals surface area contributed by atoms with Crippen molar-refractivity contribution in [1.29, 1.82) is 0 Å². The highest BCUT2D eigenvalue weighted by Crippen LogP contribution is 2.26. The SMILES string of the molecule is COC[C@H](O)COc1ccc(OCc2cccc(Cl)c2)cc1C(C)=O. The number of hydrogen-bond donors (Lipinski definition) is 1. The van der Waals surface area contributed by atoms with Gasteiger partial charge in [0.15, 0.2) is 5.78 Å². The van der Waals surface area contributed by atoms with E-state index in [4.69, 9.17) is 25.8 Å². The number of ketones is 1. The van der Waals surface area contributed by atoms with E-state index in [1.54, 1.807) is 24.3 Å². The van der Waals surface area contributed by atoms with Crippen molar-refractivity contribution in [3.05, 3.63) is 58.6 Å². The first-order chi connectivity index (χ1) is 12.0. The van der Waals surface area contributed by atoms with Crippen LogP contribution in [0.1, 0.15) is 22.8 Å². The number of benzene rings is 2. The Labute approximate surface area is 152 Å². The van der Waals surface area contributed by atoms with E-state index in [2.05, 4.69) is 0 Å². The molecule has 0 saturated carbocycles. The summed E-state index contributed by atoms with van der Waals surface area (Å²) in [6.45, 7) is 1.99. The lowest BCUT2D eigenvalue weighted by molar-refractivity contribution is 0.0323. The minimum absolute atomic E-state index is 0.0385. The van der Waals surface area contributed by atoms with Crippen molar-refractivity contribution in [3.8, 4) is 11.5 Å². The summed E-state index contributed by atoms with van der Waals surface area (Å²) in [4.78, 5) is 11.9. The zero-order valence-corrected chi connectivity index (χ0v) is 15.0. The largest absolute Gasteiger partial charge is 0.490 e. The van der Waals surface area contributed by atoms with Gasteiger partial charge in [-0.3, -0.25) is 4.79 Å². The van der Waals surface area contributed by atoms with Gasteiger partial charge in [0, 0.05) is 12.1 Å². The lowest BCUT2D eigenvalue weighted by Gasteiger charge is -2.15. The van der Waals surface area contributed by atoms with Crippen molar-refractivity contribution in [2.75, 3.05) is 20.3 Å². The fourth-order valence-corrected chi connectivity index (χ4v) is 2.43. The molecule has 2 aromatic carbocycles. The Hall–Kier alpha value is -2.08. The van der Waals surface area contributed by atoms with Gasteiger partial charge in [0.05, 0.1) is 12.2 Å². The summed E-state index contributed by atoms with van der Waals surface area (Å²) in [6, 6.07) is 12.4. The maximum atomic E-state index is 11.9. The molecule has 134 valence electrons. The molecule has 0 fully saturated rings. The minimum Gasteiger partial charge on any atom is -0.490 e. The van der Waals surface area contributed by atoms with E-state index < -0.39 is 6.10 Å². The van der Waals surface area contributed by atoms with E-state index in [-0.39, 0.29) is 19.0 Å². The van der Waals surface area contributed by atoms with Crippen molar-refractivity contribution < 1.29 is 24.1 Å². The third-order valence-electron chi connectivity index (χ3n) is 3.42. The Morgan fingerprint density at radius 3 is 2.64 bits per heavy atom. The van der Waals surface area contributed by atoms with Gasteiger partial charge >= 0.3 is 0 Å². The Bertz CT molecular complexity index is 717. The minimum atomic E-state index is -0.761. The van der Waals surface area contributed by atoms with Gasteiger partial charge in [-0.2, -0.15) is 0 Å². The fraction of sp³-hybridized carbons (Fsp3) is 0.316. The molecule has 2 rings (SSSR count). The van der Waals surface area contributed by atoms with Crippen LogP contribution in [-0.4, -0.2) is 37.3 Å². The van der Waals surface area contributed by atoms with Gasteiger partial charge in [-0.1, -0.05) is 23.7 Å². The Kier molecular flexibility index (Phi) is 7.25. The third kappa shape index (κ3) is 6.05. The van der Waals surface area contributed by atoms with Crippen LogP contribution in [0.25, 0.3) is 0 Å². The summed E-state index contributed by atoms with van der Waals surface area (Å²) in [5.41, 5.74) is 1.33. The van der Waals surface area contributed by atoms with Gasteiger partial charge in [-0.15, -0.1) is 0 Å². The smallest absolute Gasteiger partial charge is 0.163 e. The average Bonchev–Trinajstić information content (AvgIpc) is 2.58. The van der Waals surface area contributed by atoms with E-state index in [1.807, 2.05) is 18.2 Å². The second kappa shape index (κ2) is 9.42. The van der Waals surface area contributed by atoms with Crippen LogP contribution < -0.4 is 9.47 Å². The van der Waals surface area contributed by atoms with Crippen molar-refractivity contribution in [3.63, 3.8) is 0 Å². The molecule has 0 spiro atoms. The Morgan fingerprint density at radius 1 is 1.16 bits per heavy atom. The lowest BCUT2D eigenvalue weighted by Crippen LogP contribution is -2.23. The van der Waals surface area contributed by atoms with Crippen LogP contribution in [0, 0.1) is 0 Å². The molecular formula is C19H21ClO5. The number of halogens is 1. The molecule has 0 aromatic heterocycles. The molecule has 5 nitrogen and oxygen atoms in total. The number of aliphatic hydroxyl groups excluding tert-OH is 1. The van der Waals surface area contributed by atoms with E-state index in [0.717, 1.165) is 5.56 Å². The summed E-state index contributed by atoms with van der Waals surface area (Å²) in [5.74, 6) is 0.803. The van der Waals surface area contributed by atoms with Crippen LogP contribution in [-0.2, 0) is 11.3 Å². The number of ether oxygens (including phenoxy) is 3. The lowest BCUT2D eigenvalue weighted by atomic mass is 10.1. The summed E-state index contributed by atoms with van der Waals surface area (Å²) >= 11 is 5.95. The van der Waals surface area contributed by atoms with Crippen LogP contribution in [0.3, 0.4) is 0 Å². The van der Waals surface area contributed by atoms with E-state index in [1.165, 1.54) is 14.0 Å². The predicted molar refractivity (Wildman–Crippen MR) is 95.6 cm³/mol.